The summed E-state index contributed by atoms with van der Waals surface area (Å²) in [6.07, 6.45) is 4.76. The fourth-order valence-electron chi connectivity index (χ4n) is 1.94. The zero-order valence-electron chi connectivity index (χ0n) is 14.6. The Hall–Kier alpha value is -1.01. The van der Waals surface area contributed by atoms with Gasteiger partial charge >= 0.3 is 5.97 Å². The molecule has 0 N–H and O–H groups in total. The van der Waals surface area contributed by atoms with Gasteiger partial charge < -0.3 is 18.9 Å². The van der Waals surface area contributed by atoms with Gasteiger partial charge in [-0.3, -0.25) is 0 Å². The predicted octanol–water partition coefficient (Wildman–Crippen LogP) is 4.53. The van der Waals surface area contributed by atoms with Crippen LogP contribution in [0.25, 0.3) is 0 Å². The lowest BCUT2D eigenvalue weighted by molar-refractivity contribution is -0.147. The van der Waals surface area contributed by atoms with Crippen molar-refractivity contribution in [3.8, 4) is 5.75 Å². The number of halogens is 2. The van der Waals surface area contributed by atoms with Crippen LogP contribution in [0.1, 0.15) is 32.6 Å². The lowest BCUT2D eigenvalue weighted by atomic mass is 10.2. The number of carbonyl (C=O) groups excluding carboxylic acids is 1. The van der Waals surface area contributed by atoms with Crippen molar-refractivity contribution in [2.24, 2.45) is 0 Å². The molecule has 0 spiro atoms. The van der Waals surface area contributed by atoms with Crippen molar-refractivity contribution in [1.82, 2.24) is 0 Å². The van der Waals surface area contributed by atoms with E-state index in [4.69, 9.17) is 42.1 Å². The second kappa shape index (κ2) is 14.2. The van der Waals surface area contributed by atoms with Gasteiger partial charge in [0.25, 0.3) is 0 Å². The van der Waals surface area contributed by atoms with Gasteiger partial charge in [0, 0.05) is 11.6 Å². The van der Waals surface area contributed by atoms with Crippen molar-refractivity contribution in [2.45, 2.75) is 32.6 Å². The highest BCUT2D eigenvalue weighted by Crippen LogP contribution is 2.27. The highest BCUT2D eigenvalue weighted by atomic mass is 35.5. The molecule has 142 valence electrons. The third kappa shape index (κ3) is 11.3. The van der Waals surface area contributed by atoms with Gasteiger partial charge in [-0.1, -0.05) is 49.4 Å². The molecule has 0 aliphatic heterocycles. The summed E-state index contributed by atoms with van der Waals surface area (Å²) in [6, 6.07) is 4.78. The highest BCUT2D eigenvalue weighted by molar-refractivity contribution is 6.35. The number of benzene rings is 1. The van der Waals surface area contributed by atoms with Crippen LogP contribution >= 0.6 is 23.2 Å². The Morgan fingerprint density at radius 3 is 2.40 bits per heavy atom. The first-order valence-electron chi connectivity index (χ1n) is 8.52. The van der Waals surface area contributed by atoms with Crippen molar-refractivity contribution in [1.29, 1.82) is 0 Å². The molecule has 1 aromatic carbocycles. The highest BCUT2D eigenvalue weighted by Gasteiger charge is 2.07. The van der Waals surface area contributed by atoms with Gasteiger partial charge in [-0.2, -0.15) is 0 Å². The molecule has 0 aromatic heterocycles. The third-order valence-electron chi connectivity index (χ3n) is 3.24. The molecule has 1 aromatic rings. The Morgan fingerprint density at radius 2 is 1.68 bits per heavy atom. The number of rotatable bonds is 14. The first-order valence-corrected chi connectivity index (χ1v) is 9.28. The van der Waals surface area contributed by atoms with Crippen molar-refractivity contribution < 1.29 is 23.7 Å². The smallest absolute Gasteiger partial charge is 0.344 e. The molecular formula is C18H26Cl2O5. The summed E-state index contributed by atoms with van der Waals surface area (Å²) < 4.78 is 21.0. The molecule has 0 aliphatic carbocycles. The summed E-state index contributed by atoms with van der Waals surface area (Å²) in [6.45, 7) is 4.27. The van der Waals surface area contributed by atoms with Crippen molar-refractivity contribution in [2.75, 3.05) is 39.6 Å². The predicted molar refractivity (Wildman–Crippen MR) is 98.7 cm³/mol. The van der Waals surface area contributed by atoms with Gasteiger partial charge in [-0.25, -0.2) is 4.79 Å². The maximum absolute atomic E-state index is 11.6. The zero-order valence-corrected chi connectivity index (χ0v) is 16.1. The van der Waals surface area contributed by atoms with Crippen LogP contribution in [0, 0.1) is 0 Å². The Morgan fingerprint density at radius 1 is 0.960 bits per heavy atom. The van der Waals surface area contributed by atoms with E-state index in [9.17, 15) is 4.79 Å². The van der Waals surface area contributed by atoms with E-state index in [1.807, 2.05) is 0 Å². The number of hydrogen-bond acceptors (Lipinski definition) is 5. The van der Waals surface area contributed by atoms with E-state index in [1.54, 1.807) is 18.2 Å². The topological polar surface area (TPSA) is 54.0 Å². The van der Waals surface area contributed by atoms with Crippen LogP contribution in [-0.2, 0) is 19.0 Å². The second-order valence-electron chi connectivity index (χ2n) is 5.37. The van der Waals surface area contributed by atoms with Gasteiger partial charge in [-0.05, 0) is 24.6 Å². The van der Waals surface area contributed by atoms with Crippen LogP contribution in [0.3, 0.4) is 0 Å². The largest absolute Gasteiger partial charge is 0.480 e. The second-order valence-corrected chi connectivity index (χ2v) is 6.21. The molecule has 0 fully saturated rings. The van der Waals surface area contributed by atoms with Gasteiger partial charge in [0.15, 0.2) is 6.61 Å². The summed E-state index contributed by atoms with van der Waals surface area (Å²) in [5, 5.41) is 0.848. The van der Waals surface area contributed by atoms with Crippen LogP contribution in [0.4, 0.5) is 0 Å². The lowest BCUT2D eigenvalue weighted by Gasteiger charge is -2.09. The zero-order chi connectivity index (χ0) is 18.3. The van der Waals surface area contributed by atoms with Gasteiger partial charge in [0.1, 0.15) is 12.4 Å². The molecule has 25 heavy (non-hydrogen) atoms. The molecule has 0 heterocycles. The van der Waals surface area contributed by atoms with E-state index >= 15 is 0 Å². The van der Waals surface area contributed by atoms with Crippen LogP contribution in [0.15, 0.2) is 18.2 Å². The molecule has 0 unspecified atom stereocenters. The summed E-state index contributed by atoms with van der Waals surface area (Å²) in [5.41, 5.74) is 0. The normalized spacial score (nSPS) is 10.7. The molecule has 0 atom stereocenters. The fourth-order valence-corrected chi connectivity index (χ4v) is 2.40. The van der Waals surface area contributed by atoms with Gasteiger partial charge in [-0.15, -0.1) is 0 Å². The quantitative estimate of drug-likeness (QED) is 0.343. The molecule has 0 amide bonds. The molecular weight excluding hydrogens is 367 g/mol. The van der Waals surface area contributed by atoms with Crippen molar-refractivity contribution in [3.63, 3.8) is 0 Å². The summed E-state index contributed by atoms with van der Waals surface area (Å²) in [4.78, 5) is 11.6. The molecule has 1 rings (SSSR count). The Kier molecular flexibility index (Phi) is 12.5. The van der Waals surface area contributed by atoms with E-state index in [0.29, 0.717) is 35.6 Å². The number of unbranched alkanes of at least 4 members (excludes halogenated alkanes) is 3. The number of hydrogen-bond donors (Lipinski definition) is 0. The van der Waals surface area contributed by atoms with E-state index < -0.39 is 5.97 Å². The SMILES string of the molecule is CCCCCCOCCOCCOC(=O)COc1ccc(Cl)cc1Cl. The minimum Gasteiger partial charge on any atom is -0.480 e. The van der Waals surface area contributed by atoms with Crippen LogP contribution in [-0.4, -0.2) is 45.6 Å². The number of esters is 1. The molecule has 0 aliphatic rings. The van der Waals surface area contributed by atoms with Gasteiger partial charge in [0.2, 0.25) is 0 Å². The molecule has 0 saturated heterocycles. The molecule has 7 heteroatoms. The Labute approximate surface area is 159 Å². The Bertz CT molecular complexity index is 496. The summed E-state index contributed by atoms with van der Waals surface area (Å²) >= 11 is 11.7. The molecule has 0 radical (unpaired) electrons. The average Bonchev–Trinajstić information content (AvgIpc) is 2.59. The molecule has 0 bridgehead atoms. The minimum absolute atomic E-state index is 0.174. The maximum Gasteiger partial charge on any atom is 0.344 e. The van der Waals surface area contributed by atoms with E-state index in [-0.39, 0.29) is 13.2 Å². The standard InChI is InChI=1S/C18H26Cl2O5/c1-2-3-4-5-8-22-9-10-23-11-12-24-18(21)14-25-17-7-6-15(19)13-16(17)20/h6-7,13H,2-5,8-12,14H2,1H3. The number of ether oxygens (including phenoxy) is 4. The monoisotopic (exact) mass is 392 g/mol. The minimum atomic E-state index is -0.484. The average molecular weight is 393 g/mol. The van der Waals surface area contributed by atoms with Crippen molar-refractivity contribution >= 4 is 29.2 Å². The van der Waals surface area contributed by atoms with E-state index in [2.05, 4.69) is 6.92 Å². The lowest BCUT2D eigenvalue weighted by Crippen LogP contribution is -2.18. The van der Waals surface area contributed by atoms with E-state index in [1.165, 1.54) is 19.3 Å². The maximum atomic E-state index is 11.6. The number of carbonyl (C=O) groups is 1. The van der Waals surface area contributed by atoms with E-state index in [0.717, 1.165) is 13.0 Å². The first-order chi connectivity index (χ1) is 12.1. The van der Waals surface area contributed by atoms with Crippen LogP contribution in [0.5, 0.6) is 5.75 Å². The summed E-state index contributed by atoms with van der Waals surface area (Å²) in [5.74, 6) is -0.0999. The third-order valence-corrected chi connectivity index (χ3v) is 3.77. The Balaban J connectivity index is 1.95. The van der Waals surface area contributed by atoms with Crippen LogP contribution < -0.4 is 4.74 Å². The van der Waals surface area contributed by atoms with Crippen molar-refractivity contribution in [3.05, 3.63) is 28.2 Å². The molecule has 5 nitrogen and oxygen atoms in total. The first kappa shape index (κ1) is 22.0. The van der Waals surface area contributed by atoms with Crippen LogP contribution in [0.2, 0.25) is 10.0 Å². The fraction of sp³-hybridized carbons (Fsp3) is 0.611. The molecule has 0 saturated carbocycles. The van der Waals surface area contributed by atoms with Gasteiger partial charge in [0.05, 0.1) is 24.8 Å². The summed E-state index contributed by atoms with van der Waals surface area (Å²) in [7, 11) is 0.